The van der Waals surface area contributed by atoms with Crippen LogP contribution in [0.3, 0.4) is 0 Å². The van der Waals surface area contributed by atoms with E-state index in [4.69, 9.17) is 9.15 Å². The molecule has 1 aromatic carbocycles. The number of furan rings is 1. The third-order valence-electron chi connectivity index (χ3n) is 3.69. The van der Waals surface area contributed by atoms with Gasteiger partial charge in [0.1, 0.15) is 5.76 Å². The van der Waals surface area contributed by atoms with Crippen LogP contribution in [0.25, 0.3) is 0 Å². The summed E-state index contributed by atoms with van der Waals surface area (Å²) in [4.78, 5) is 14.3. The molecule has 1 fully saturated rings. The van der Waals surface area contributed by atoms with Crippen molar-refractivity contribution in [3.8, 4) is 0 Å². The Hall–Kier alpha value is -2.27. The van der Waals surface area contributed by atoms with Gasteiger partial charge in [0.2, 0.25) is 0 Å². The third kappa shape index (κ3) is 3.89. The van der Waals surface area contributed by atoms with E-state index in [1.807, 2.05) is 42.5 Å². The quantitative estimate of drug-likeness (QED) is 0.919. The Bertz CT molecular complexity index is 577. The molecule has 1 aliphatic heterocycles. The second kappa shape index (κ2) is 7.13. The lowest BCUT2D eigenvalue weighted by atomic mass is 10.2. The minimum absolute atomic E-state index is 0.108. The second-order valence-electron chi connectivity index (χ2n) is 5.39. The molecule has 2 aromatic rings. The molecule has 1 aromatic heterocycles. The third-order valence-corrected chi connectivity index (χ3v) is 3.69. The highest BCUT2D eigenvalue weighted by Gasteiger charge is 2.23. The number of hydrogen-bond acceptors (Lipinski definition) is 3. The van der Waals surface area contributed by atoms with Crippen LogP contribution < -0.4 is 5.32 Å². The van der Waals surface area contributed by atoms with Crippen LogP contribution >= 0.6 is 0 Å². The van der Waals surface area contributed by atoms with Crippen LogP contribution in [0.1, 0.15) is 18.6 Å². The van der Waals surface area contributed by atoms with Gasteiger partial charge in [-0.2, -0.15) is 0 Å². The fourth-order valence-electron chi connectivity index (χ4n) is 2.57. The van der Waals surface area contributed by atoms with E-state index in [9.17, 15) is 4.79 Å². The number of benzene rings is 1. The van der Waals surface area contributed by atoms with Crippen molar-refractivity contribution in [1.29, 1.82) is 0 Å². The number of rotatable bonds is 5. The van der Waals surface area contributed by atoms with E-state index >= 15 is 0 Å². The number of carbonyl (C=O) groups excluding carboxylic acids is 1. The minimum atomic E-state index is -0.141. The molecule has 0 aliphatic carbocycles. The van der Waals surface area contributed by atoms with Crippen molar-refractivity contribution >= 4 is 11.7 Å². The Morgan fingerprint density at radius 2 is 2.09 bits per heavy atom. The van der Waals surface area contributed by atoms with E-state index < -0.39 is 0 Å². The number of ether oxygens (including phenoxy) is 1. The summed E-state index contributed by atoms with van der Waals surface area (Å²) in [7, 11) is 0. The zero-order valence-electron chi connectivity index (χ0n) is 12.4. The van der Waals surface area contributed by atoms with Crippen LogP contribution in [0.5, 0.6) is 0 Å². The standard InChI is InChI=1S/C17H20N2O3/c20-17(18-14-6-2-1-3-7-14)19(12-15-8-4-10-21-15)13-16-9-5-11-22-16/h1-4,6-8,10,16H,5,9,11-13H2,(H,18,20)/t16-/m1/s1. The zero-order chi connectivity index (χ0) is 15.2. The van der Waals surface area contributed by atoms with Gasteiger partial charge in [-0.15, -0.1) is 0 Å². The van der Waals surface area contributed by atoms with E-state index in [0.717, 1.165) is 30.9 Å². The van der Waals surface area contributed by atoms with E-state index in [0.29, 0.717) is 13.1 Å². The van der Waals surface area contributed by atoms with Gasteiger partial charge >= 0.3 is 6.03 Å². The van der Waals surface area contributed by atoms with Gasteiger partial charge in [-0.1, -0.05) is 18.2 Å². The molecule has 116 valence electrons. The molecular weight excluding hydrogens is 280 g/mol. The average Bonchev–Trinajstić information content (AvgIpc) is 3.21. The molecule has 0 bridgehead atoms. The number of amides is 2. The largest absolute Gasteiger partial charge is 0.467 e. The van der Waals surface area contributed by atoms with E-state index in [1.165, 1.54) is 0 Å². The first kappa shape index (κ1) is 14.7. The monoisotopic (exact) mass is 300 g/mol. The maximum Gasteiger partial charge on any atom is 0.322 e. The molecule has 1 aliphatic rings. The summed E-state index contributed by atoms with van der Waals surface area (Å²) in [5.74, 6) is 0.765. The summed E-state index contributed by atoms with van der Waals surface area (Å²) in [6.45, 7) is 1.78. The van der Waals surface area contributed by atoms with Gasteiger partial charge in [0.15, 0.2) is 0 Å². The summed E-state index contributed by atoms with van der Waals surface area (Å²) >= 11 is 0. The fraction of sp³-hybridized carbons (Fsp3) is 0.353. The highest BCUT2D eigenvalue weighted by Crippen LogP contribution is 2.16. The van der Waals surface area contributed by atoms with Gasteiger partial charge in [-0.25, -0.2) is 4.79 Å². The molecule has 0 radical (unpaired) electrons. The molecule has 2 amide bonds. The minimum Gasteiger partial charge on any atom is -0.467 e. The van der Waals surface area contributed by atoms with Crippen molar-refractivity contribution in [2.75, 3.05) is 18.5 Å². The molecule has 1 saturated heterocycles. The van der Waals surface area contributed by atoms with E-state index in [-0.39, 0.29) is 12.1 Å². The Kier molecular flexibility index (Phi) is 4.75. The van der Waals surface area contributed by atoms with Crippen LogP contribution in [0.15, 0.2) is 53.1 Å². The molecular formula is C17H20N2O3. The molecule has 22 heavy (non-hydrogen) atoms. The molecule has 1 N–H and O–H groups in total. The number of nitrogens with zero attached hydrogens (tertiary/aromatic N) is 1. The number of nitrogens with one attached hydrogen (secondary N) is 1. The second-order valence-corrected chi connectivity index (χ2v) is 5.39. The number of carbonyl (C=O) groups is 1. The molecule has 0 saturated carbocycles. The lowest BCUT2D eigenvalue weighted by Crippen LogP contribution is -2.39. The fourth-order valence-corrected chi connectivity index (χ4v) is 2.57. The van der Waals surface area contributed by atoms with Crippen molar-refractivity contribution in [3.63, 3.8) is 0 Å². The lowest BCUT2D eigenvalue weighted by Gasteiger charge is -2.25. The Morgan fingerprint density at radius 3 is 2.77 bits per heavy atom. The molecule has 5 heteroatoms. The molecule has 0 unspecified atom stereocenters. The zero-order valence-corrected chi connectivity index (χ0v) is 12.4. The van der Waals surface area contributed by atoms with Crippen molar-refractivity contribution in [1.82, 2.24) is 4.90 Å². The van der Waals surface area contributed by atoms with Gasteiger partial charge in [-0.3, -0.25) is 0 Å². The van der Waals surface area contributed by atoms with Gasteiger partial charge in [0, 0.05) is 18.8 Å². The van der Waals surface area contributed by atoms with Crippen LogP contribution in [0.4, 0.5) is 10.5 Å². The van der Waals surface area contributed by atoms with Crippen LogP contribution in [-0.2, 0) is 11.3 Å². The lowest BCUT2D eigenvalue weighted by molar-refractivity contribution is 0.0803. The molecule has 2 heterocycles. The summed E-state index contributed by atoms with van der Waals surface area (Å²) in [6, 6.07) is 13.0. The maximum atomic E-state index is 12.5. The molecule has 5 nitrogen and oxygen atoms in total. The summed E-state index contributed by atoms with van der Waals surface area (Å²) in [6.07, 6.45) is 3.78. The highest BCUT2D eigenvalue weighted by atomic mass is 16.5. The predicted octanol–water partition coefficient (Wildman–Crippen LogP) is 3.49. The van der Waals surface area contributed by atoms with Crippen LogP contribution in [0, 0.1) is 0 Å². The molecule has 3 rings (SSSR count). The number of anilines is 1. The maximum absolute atomic E-state index is 12.5. The summed E-state index contributed by atoms with van der Waals surface area (Å²) in [5.41, 5.74) is 0.782. The van der Waals surface area contributed by atoms with Crippen molar-refractivity contribution in [3.05, 3.63) is 54.5 Å². The topological polar surface area (TPSA) is 54.7 Å². The SMILES string of the molecule is O=C(Nc1ccccc1)N(Cc1ccco1)C[C@H]1CCCO1. The predicted molar refractivity (Wildman–Crippen MR) is 83.6 cm³/mol. The van der Waals surface area contributed by atoms with E-state index in [2.05, 4.69) is 5.32 Å². The smallest absolute Gasteiger partial charge is 0.322 e. The van der Waals surface area contributed by atoms with Crippen molar-refractivity contribution in [2.24, 2.45) is 0 Å². The van der Waals surface area contributed by atoms with Gasteiger partial charge < -0.3 is 19.4 Å². The Morgan fingerprint density at radius 1 is 1.23 bits per heavy atom. The highest BCUT2D eigenvalue weighted by molar-refractivity contribution is 5.89. The van der Waals surface area contributed by atoms with Crippen molar-refractivity contribution < 1.29 is 13.9 Å². The normalized spacial score (nSPS) is 17.4. The number of para-hydroxylation sites is 1. The van der Waals surface area contributed by atoms with E-state index in [1.54, 1.807) is 11.2 Å². The number of hydrogen-bond donors (Lipinski definition) is 1. The number of urea groups is 1. The van der Waals surface area contributed by atoms with Gasteiger partial charge in [0.25, 0.3) is 0 Å². The first-order chi connectivity index (χ1) is 10.8. The van der Waals surface area contributed by atoms with Gasteiger partial charge in [0.05, 0.1) is 18.9 Å². The first-order valence-corrected chi connectivity index (χ1v) is 7.56. The molecule has 1 atom stereocenters. The Labute approximate surface area is 129 Å². The van der Waals surface area contributed by atoms with Crippen LogP contribution in [-0.4, -0.2) is 30.2 Å². The summed E-state index contributed by atoms with van der Waals surface area (Å²) in [5, 5.41) is 2.92. The van der Waals surface area contributed by atoms with Crippen molar-refractivity contribution in [2.45, 2.75) is 25.5 Å². The molecule has 0 spiro atoms. The van der Waals surface area contributed by atoms with Gasteiger partial charge in [-0.05, 0) is 37.1 Å². The summed E-state index contributed by atoms with van der Waals surface area (Å²) < 4.78 is 11.0. The Balaban J connectivity index is 1.67. The first-order valence-electron chi connectivity index (χ1n) is 7.56. The average molecular weight is 300 g/mol. The van der Waals surface area contributed by atoms with Crippen LogP contribution in [0.2, 0.25) is 0 Å².